The van der Waals surface area contributed by atoms with Crippen LogP contribution < -0.4 is 11.1 Å². The maximum atomic E-state index is 12.4. The summed E-state index contributed by atoms with van der Waals surface area (Å²) in [7, 11) is 0. The molecule has 0 unspecified atom stereocenters. The minimum atomic E-state index is -1.29. The first kappa shape index (κ1) is 21.4. The van der Waals surface area contributed by atoms with Gasteiger partial charge in [-0.3, -0.25) is 24.1 Å². The molecule has 5 N–H and O–H groups in total. The Hall–Kier alpha value is -2.91. The Morgan fingerprint density at radius 1 is 1.32 bits per heavy atom. The van der Waals surface area contributed by atoms with Crippen LogP contribution in [0, 0.1) is 0 Å². The maximum Gasteiger partial charge on any atom is 0.323 e. The molecule has 3 rings (SSSR count). The van der Waals surface area contributed by atoms with Crippen LogP contribution in [0.3, 0.4) is 0 Å². The lowest BCUT2D eigenvalue weighted by Gasteiger charge is -2.30. The number of fused-ring (bicyclic) bond motifs is 1. The molecule has 150 valence electrons. The molecule has 0 radical (unpaired) electrons. The number of aromatic amines is 1. The number of carboxylic acids is 1. The van der Waals surface area contributed by atoms with E-state index < -0.39 is 42.3 Å². The number of carbonyl (C=O) groups is 4. The van der Waals surface area contributed by atoms with Crippen molar-refractivity contribution in [1.29, 1.82) is 0 Å². The third-order valence-electron chi connectivity index (χ3n) is 4.57. The molecular weight excluding hydrogens is 388 g/mol. The second kappa shape index (κ2) is 8.85. The summed E-state index contributed by atoms with van der Waals surface area (Å²) in [4.78, 5) is 51.0. The summed E-state index contributed by atoms with van der Waals surface area (Å²) in [6.07, 6.45) is 2.17. The summed E-state index contributed by atoms with van der Waals surface area (Å²) in [6.45, 7) is -0.717. The van der Waals surface area contributed by atoms with Crippen LogP contribution in [0.5, 0.6) is 0 Å². The third kappa shape index (κ3) is 4.49. The molecule has 0 saturated carbocycles. The molecular formula is C18H21ClN4O5. The number of aromatic nitrogens is 1. The van der Waals surface area contributed by atoms with E-state index in [1.807, 2.05) is 24.3 Å². The van der Waals surface area contributed by atoms with E-state index >= 15 is 0 Å². The molecule has 0 spiro atoms. The summed E-state index contributed by atoms with van der Waals surface area (Å²) in [5.41, 5.74) is 7.81. The van der Waals surface area contributed by atoms with Crippen LogP contribution in [-0.4, -0.2) is 57.3 Å². The molecule has 1 saturated heterocycles. The fraction of sp³-hybridized carbons (Fsp3) is 0.333. The zero-order valence-electron chi connectivity index (χ0n) is 14.9. The number of nitrogens with one attached hydrogen (secondary N) is 2. The first-order valence-corrected chi connectivity index (χ1v) is 8.53. The number of piperidine rings is 1. The highest BCUT2D eigenvalue weighted by molar-refractivity contribution is 6.04. The van der Waals surface area contributed by atoms with Crippen molar-refractivity contribution in [3.63, 3.8) is 0 Å². The number of carboxylic acid groups (broad SMARTS) is 1. The van der Waals surface area contributed by atoms with Gasteiger partial charge < -0.3 is 21.1 Å². The molecule has 3 amide bonds. The van der Waals surface area contributed by atoms with Crippen molar-refractivity contribution >= 4 is 47.0 Å². The molecule has 0 aliphatic carbocycles. The molecule has 2 atom stereocenters. The summed E-state index contributed by atoms with van der Waals surface area (Å²) < 4.78 is 0. The van der Waals surface area contributed by atoms with Crippen LogP contribution in [0.15, 0.2) is 30.5 Å². The summed E-state index contributed by atoms with van der Waals surface area (Å²) in [6, 6.07) is 5.78. The van der Waals surface area contributed by atoms with Gasteiger partial charge in [-0.1, -0.05) is 18.2 Å². The average molecular weight is 409 g/mol. The fourth-order valence-corrected chi connectivity index (χ4v) is 3.18. The van der Waals surface area contributed by atoms with Gasteiger partial charge in [0.1, 0.15) is 12.6 Å². The molecule has 0 bridgehead atoms. The lowest BCUT2D eigenvalue weighted by molar-refractivity contribution is -0.156. The number of imide groups is 1. The Morgan fingerprint density at radius 2 is 2.04 bits per heavy atom. The van der Waals surface area contributed by atoms with Gasteiger partial charge in [-0.15, -0.1) is 12.4 Å². The summed E-state index contributed by atoms with van der Waals surface area (Å²) in [5.74, 6) is -3.10. The number of amides is 3. The Balaban J connectivity index is 0.00000280. The van der Waals surface area contributed by atoms with E-state index in [4.69, 9.17) is 10.8 Å². The number of hydrogen-bond donors (Lipinski definition) is 4. The zero-order chi connectivity index (χ0) is 19.6. The van der Waals surface area contributed by atoms with Crippen molar-refractivity contribution in [3.8, 4) is 0 Å². The number of halogens is 1. The number of hydrogen-bond acceptors (Lipinski definition) is 5. The van der Waals surface area contributed by atoms with Crippen LogP contribution in [0.2, 0.25) is 0 Å². The Bertz CT molecular complexity index is 912. The number of carbonyl (C=O) groups excluding carboxylic acids is 3. The van der Waals surface area contributed by atoms with E-state index in [0.29, 0.717) is 4.90 Å². The molecule has 1 aliphatic rings. The second-order valence-corrected chi connectivity index (χ2v) is 6.48. The standard InChI is InChI=1S/C18H20N4O5.ClH/c19-12(7-10-8-20-13-4-2-1-3-11(10)13)17(26)21-14-5-6-15(23)22(18(14)27)9-16(24)25;/h1-4,8,12,14,20H,5-7,9,19H2,(H,21,26)(H,24,25);1H/t12-,14-;/m0./s1. The van der Waals surface area contributed by atoms with Gasteiger partial charge in [0.15, 0.2) is 0 Å². The van der Waals surface area contributed by atoms with Crippen molar-refractivity contribution in [1.82, 2.24) is 15.2 Å². The largest absolute Gasteiger partial charge is 0.480 e. The zero-order valence-corrected chi connectivity index (χ0v) is 15.7. The molecule has 28 heavy (non-hydrogen) atoms. The Labute approximate surface area is 166 Å². The minimum Gasteiger partial charge on any atom is -0.480 e. The monoisotopic (exact) mass is 408 g/mol. The van der Waals surface area contributed by atoms with E-state index in [1.54, 1.807) is 6.20 Å². The van der Waals surface area contributed by atoms with Crippen molar-refractivity contribution in [2.24, 2.45) is 5.73 Å². The quantitative estimate of drug-likeness (QED) is 0.501. The van der Waals surface area contributed by atoms with Gasteiger partial charge in [-0.05, 0) is 24.5 Å². The van der Waals surface area contributed by atoms with Crippen LogP contribution in [0.4, 0.5) is 0 Å². The summed E-state index contributed by atoms with van der Waals surface area (Å²) >= 11 is 0. The van der Waals surface area contributed by atoms with E-state index in [2.05, 4.69) is 10.3 Å². The maximum absolute atomic E-state index is 12.4. The van der Waals surface area contributed by atoms with Crippen LogP contribution in [0.25, 0.3) is 10.9 Å². The Kier molecular flexibility index (Phi) is 6.76. The van der Waals surface area contributed by atoms with Crippen molar-refractivity contribution < 1.29 is 24.3 Å². The molecule has 10 heteroatoms. The van der Waals surface area contributed by atoms with Gasteiger partial charge in [0.05, 0.1) is 6.04 Å². The van der Waals surface area contributed by atoms with Gasteiger partial charge in [0, 0.05) is 23.5 Å². The Morgan fingerprint density at radius 3 is 2.75 bits per heavy atom. The van der Waals surface area contributed by atoms with E-state index in [9.17, 15) is 19.2 Å². The first-order valence-electron chi connectivity index (χ1n) is 8.53. The van der Waals surface area contributed by atoms with Gasteiger partial charge in [-0.25, -0.2) is 0 Å². The van der Waals surface area contributed by atoms with Gasteiger partial charge in [-0.2, -0.15) is 0 Å². The van der Waals surface area contributed by atoms with Gasteiger partial charge in [0.2, 0.25) is 11.8 Å². The van der Waals surface area contributed by atoms with Gasteiger partial charge in [0.25, 0.3) is 5.91 Å². The van der Waals surface area contributed by atoms with Crippen molar-refractivity contribution in [3.05, 3.63) is 36.0 Å². The van der Waals surface area contributed by atoms with Crippen LogP contribution in [0.1, 0.15) is 18.4 Å². The number of para-hydroxylation sites is 1. The molecule has 1 aliphatic heterocycles. The predicted molar refractivity (Wildman–Crippen MR) is 103 cm³/mol. The number of rotatable bonds is 6. The number of nitrogens with two attached hydrogens (primary N) is 1. The highest BCUT2D eigenvalue weighted by Crippen LogP contribution is 2.19. The average Bonchev–Trinajstić information content (AvgIpc) is 3.04. The molecule has 9 nitrogen and oxygen atoms in total. The van der Waals surface area contributed by atoms with Crippen LogP contribution in [-0.2, 0) is 25.6 Å². The highest BCUT2D eigenvalue weighted by atomic mass is 35.5. The smallest absolute Gasteiger partial charge is 0.323 e. The van der Waals surface area contributed by atoms with Crippen LogP contribution >= 0.6 is 12.4 Å². The fourth-order valence-electron chi connectivity index (χ4n) is 3.18. The van der Waals surface area contributed by atoms with Crippen molar-refractivity contribution in [2.45, 2.75) is 31.3 Å². The third-order valence-corrected chi connectivity index (χ3v) is 4.57. The van der Waals surface area contributed by atoms with Gasteiger partial charge >= 0.3 is 5.97 Å². The number of H-pyrrole nitrogens is 1. The highest BCUT2D eigenvalue weighted by Gasteiger charge is 2.36. The van der Waals surface area contributed by atoms with Crippen molar-refractivity contribution in [2.75, 3.05) is 6.54 Å². The van der Waals surface area contributed by atoms with E-state index in [0.717, 1.165) is 16.5 Å². The molecule has 2 aromatic rings. The minimum absolute atomic E-state index is 0. The second-order valence-electron chi connectivity index (χ2n) is 6.48. The molecule has 1 aromatic heterocycles. The SMILES string of the molecule is Cl.N[C@@H](Cc1c[nH]c2ccccc12)C(=O)N[C@H]1CCC(=O)N(CC(=O)O)C1=O. The van der Waals surface area contributed by atoms with E-state index in [-0.39, 0.29) is 31.7 Å². The van der Waals surface area contributed by atoms with E-state index in [1.165, 1.54) is 0 Å². The molecule has 1 fully saturated rings. The number of aliphatic carboxylic acids is 1. The normalized spacial score (nSPS) is 17.9. The number of nitrogens with zero attached hydrogens (tertiary/aromatic N) is 1. The molecule has 1 aromatic carbocycles. The predicted octanol–water partition coefficient (Wildman–Crippen LogP) is 0.178. The lowest BCUT2D eigenvalue weighted by atomic mass is 10.0. The molecule has 2 heterocycles. The lowest BCUT2D eigenvalue weighted by Crippen LogP contribution is -2.57. The number of likely N-dealkylation sites (tertiary alicyclic amines) is 1. The summed E-state index contributed by atoms with van der Waals surface area (Å²) in [5, 5.41) is 12.3. The first-order chi connectivity index (χ1) is 12.9. The topological polar surface area (TPSA) is 146 Å². The number of benzene rings is 1.